The fraction of sp³-hybridized carbons (Fsp3) is 0.348. The average Bonchev–Trinajstić information content (AvgIpc) is 2.67. The number of aryl methyl sites for hydroxylation is 2. The van der Waals surface area contributed by atoms with E-state index in [1.54, 1.807) is 12.4 Å². The van der Waals surface area contributed by atoms with Crippen molar-refractivity contribution in [2.75, 3.05) is 6.54 Å². The van der Waals surface area contributed by atoms with Gasteiger partial charge in [0.05, 0.1) is 17.2 Å². The van der Waals surface area contributed by atoms with Crippen molar-refractivity contribution < 1.29 is 4.79 Å². The van der Waals surface area contributed by atoms with E-state index in [4.69, 9.17) is 0 Å². The van der Waals surface area contributed by atoms with Crippen molar-refractivity contribution in [3.63, 3.8) is 0 Å². The minimum atomic E-state index is -0.101. The second-order valence-corrected chi connectivity index (χ2v) is 8.80. The van der Waals surface area contributed by atoms with E-state index in [0.29, 0.717) is 18.5 Å². The lowest BCUT2D eigenvalue weighted by Gasteiger charge is -2.42. The molecule has 1 amide bonds. The van der Waals surface area contributed by atoms with Crippen molar-refractivity contribution in [2.45, 2.75) is 44.6 Å². The van der Waals surface area contributed by atoms with Crippen molar-refractivity contribution in [3.8, 4) is 0 Å². The summed E-state index contributed by atoms with van der Waals surface area (Å²) in [5.41, 5.74) is 2.89. The smallest absolute Gasteiger partial charge is 0.261 e. The third-order valence-electron chi connectivity index (χ3n) is 6.01. The molecular weight excluding hydrogens is 430 g/mol. The van der Waals surface area contributed by atoms with Gasteiger partial charge in [0.2, 0.25) is 5.91 Å². The molecule has 2 aromatic carbocycles. The van der Waals surface area contributed by atoms with E-state index in [2.05, 4.69) is 38.4 Å². The Kier molecular flexibility index (Phi) is 5.54. The van der Waals surface area contributed by atoms with Crippen LogP contribution in [0.15, 0.2) is 58.1 Å². The number of carbonyl (C=O) groups is 1. The number of benzene rings is 2. The molecule has 0 spiro atoms. The van der Waals surface area contributed by atoms with Gasteiger partial charge in [-0.1, -0.05) is 46.6 Å². The molecule has 0 aliphatic heterocycles. The largest absolute Gasteiger partial charge is 0.355 e. The highest BCUT2D eigenvalue weighted by molar-refractivity contribution is 9.10. The summed E-state index contributed by atoms with van der Waals surface area (Å²) in [7, 11) is 0. The first-order valence-electron chi connectivity index (χ1n) is 9.96. The number of rotatable bonds is 6. The molecule has 5 nitrogen and oxygen atoms in total. The van der Waals surface area contributed by atoms with Crippen LogP contribution in [0.25, 0.3) is 10.9 Å². The Balaban J connectivity index is 1.40. The number of carbonyl (C=O) groups excluding carboxylic acids is 1. The van der Waals surface area contributed by atoms with Gasteiger partial charge in [-0.25, -0.2) is 4.98 Å². The van der Waals surface area contributed by atoms with Crippen LogP contribution >= 0.6 is 15.9 Å². The second-order valence-electron chi connectivity index (χ2n) is 7.89. The molecule has 150 valence electrons. The van der Waals surface area contributed by atoms with Crippen LogP contribution in [0, 0.1) is 6.92 Å². The molecular formula is C23H24BrN3O2. The lowest BCUT2D eigenvalue weighted by Crippen LogP contribution is -2.45. The van der Waals surface area contributed by atoms with E-state index in [-0.39, 0.29) is 23.3 Å². The summed E-state index contributed by atoms with van der Waals surface area (Å²) in [5.74, 6) is -0.0393. The fourth-order valence-corrected chi connectivity index (χ4v) is 4.46. The van der Waals surface area contributed by atoms with Crippen LogP contribution in [0.3, 0.4) is 0 Å². The third kappa shape index (κ3) is 3.99. The molecule has 6 heteroatoms. The maximum atomic E-state index is 12.7. The van der Waals surface area contributed by atoms with E-state index in [9.17, 15) is 9.59 Å². The van der Waals surface area contributed by atoms with E-state index in [0.717, 1.165) is 28.4 Å². The number of amides is 1. The molecule has 1 aliphatic carbocycles. The van der Waals surface area contributed by atoms with E-state index in [1.807, 2.05) is 31.2 Å². The Morgan fingerprint density at radius 2 is 2.03 bits per heavy atom. The van der Waals surface area contributed by atoms with Crippen LogP contribution in [0.4, 0.5) is 0 Å². The molecule has 0 unspecified atom stereocenters. The van der Waals surface area contributed by atoms with E-state index in [1.165, 1.54) is 16.6 Å². The van der Waals surface area contributed by atoms with Gasteiger partial charge in [-0.3, -0.25) is 14.2 Å². The number of aromatic nitrogens is 2. The van der Waals surface area contributed by atoms with Crippen LogP contribution in [-0.2, 0) is 16.8 Å². The van der Waals surface area contributed by atoms with Crippen LogP contribution in [0.1, 0.15) is 36.8 Å². The summed E-state index contributed by atoms with van der Waals surface area (Å²) in [6.45, 7) is 2.89. The maximum absolute atomic E-state index is 12.7. The quantitative estimate of drug-likeness (QED) is 0.610. The van der Waals surface area contributed by atoms with Gasteiger partial charge in [-0.05, 0) is 49.1 Å². The molecule has 1 aromatic heterocycles. The summed E-state index contributed by atoms with van der Waals surface area (Å²) in [6, 6.07) is 13.9. The first-order chi connectivity index (χ1) is 14.0. The van der Waals surface area contributed by atoms with Crippen molar-refractivity contribution in [1.29, 1.82) is 0 Å². The Labute approximate surface area is 178 Å². The van der Waals surface area contributed by atoms with Crippen molar-refractivity contribution in [1.82, 2.24) is 14.9 Å². The lowest BCUT2D eigenvalue weighted by molar-refractivity contribution is -0.121. The highest BCUT2D eigenvalue weighted by Crippen LogP contribution is 2.43. The molecule has 3 aromatic rings. The van der Waals surface area contributed by atoms with Gasteiger partial charge < -0.3 is 5.32 Å². The molecule has 0 bridgehead atoms. The zero-order valence-corrected chi connectivity index (χ0v) is 18.0. The fourth-order valence-electron chi connectivity index (χ4n) is 4.06. The lowest BCUT2D eigenvalue weighted by atomic mass is 9.64. The molecule has 1 fully saturated rings. The topological polar surface area (TPSA) is 64.0 Å². The third-order valence-corrected chi connectivity index (χ3v) is 6.50. The Morgan fingerprint density at radius 3 is 2.76 bits per heavy atom. The summed E-state index contributed by atoms with van der Waals surface area (Å²) >= 11 is 3.54. The maximum Gasteiger partial charge on any atom is 0.261 e. The van der Waals surface area contributed by atoms with Crippen LogP contribution in [0.5, 0.6) is 0 Å². The minimum Gasteiger partial charge on any atom is -0.355 e. The van der Waals surface area contributed by atoms with Gasteiger partial charge in [-0.15, -0.1) is 0 Å². The molecule has 4 rings (SSSR count). The van der Waals surface area contributed by atoms with E-state index < -0.39 is 0 Å². The standard InChI is InChI=1S/C23H24BrN3O2/c1-16-5-2-8-19-21(16)26-15-27(22(19)29)12-9-20(28)25-14-23(10-4-11-23)17-6-3-7-18(24)13-17/h2-3,5-8,13,15H,4,9-12,14H2,1H3,(H,25,28). The normalized spacial score (nSPS) is 15.1. The van der Waals surface area contributed by atoms with Gasteiger partial charge in [0, 0.05) is 29.4 Å². The molecule has 1 saturated carbocycles. The molecule has 1 N–H and O–H groups in total. The zero-order valence-electron chi connectivity index (χ0n) is 16.5. The Morgan fingerprint density at radius 1 is 1.24 bits per heavy atom. The summed E-state index contributed by atoms with van der Waals surface area (Å²) in [6.07, 6.45) is 5.14. The van der Waals surface area contributed by atoms with Crippen LogP contribution < -0.4 is 10.9 Å². The van der Waals surface area contributed by atoms with Crippen molar-refractivity contribution in [2.24, 2.45) is 0 Å². The van der Waals surface area contributed by atoms with Gasteiger partial charge in [0.25, 0.3) is 5.56 Å². The highest BCUT2D eigenvalue weighted by Gasteiger charge is 2.38. The van der Waals surface area contributed by atoms with E-state index >= 15 is 0 Å². The van der Waals surface area contributed by atoms with Crippen LogP contribution in [-0.4, -0.2) is 22.0 Å². The molecule has 0 radical (unpaired) electrons. The Hall–Kier alpha value is -2.47. The number of para-hydroxylation sites is 1. The molecule has 1 aliphatic rings. The molecule has 29 heavy (non-hydrogen) atoms. The highest BCUT2D eigenvalue weighted by atomic mass is 79.9. The van der Waals surface area contributed by atoms with Crippen LogP contribution in [0.2, 0.25) is 0 Å². The monoisotopic (exact) mass is 453 g/mol. The molecule has 1 heterocycles. The molecule has 0 saturated heterocycles. The number of hydrogen-bond acceptors (Lipinski definition) is 3. The first kappa shape index (κ1) is 19.8. The number of hydrogen-bond donors (Lipinski definition) is 1. The van der Waals surface area contributed by atoms with Gasteiger partial charge in [0.1, 0.15) is 0 Å². The second kappa shape index (κ2) is 8.11. The number of fused-ring (bicyclic) bond motifs is 1. The number of nitrogens with zero attached hydrogens (tertiary/aromatic N) is 2. The zero-order chi connectivity index (χ0) is 20.4. The minimum absolute atomic E-state index is 0.0261. The summed E-state index contributed by atoms with van der Waals surface area (Å²) in [5, 5.41) is 3.68. The number of nitrogens with one attached hydrogen (secondary N) is 1. The summed E-state index contributed by atoms with van der Waals surface area (Å²) < 4.78 is 2.58. The van der Waals surface area contributed by atoms with Crippen molar-refractivity contribution >= 4 is 32.7 Å². The van der Waals surface area contributed by atoms with Gasteiger partial charge >= 0.3 is 0 Å². The predicted molar refractivity (Wildman–Crippen MR) is 118 cm³/mol. The Bertz CT molecular complexity index is 1120. The number of halogens is 1. The van der Waals surface area contributed by atoms with Gasteiger partial charge in [0.15, 0.2) is 0 Å². The predicted octanol–water partition coefficient (Wildman–Crippen LogP) is 4.10. The first-order valence-corrected chi connectivity index (χ1v) is 10.8. The SMILES string of the molecule is Cc1cccc2c(=O)n(CCC(=O)NCC3(c4cccc(Br)c4)CCC3)cnc12. The molecule has 0 atom stereocenters. The van der Waals surface area contributed by atoms with Gasteiger partial charge in [-0.2, -0.15) is 0 Å². The van der Waals surface area contributed by atoms with Crippen molar-refractivity contribution in [3.05, 3.63) is 74.7 Å². The summed E-state index contributed by atoms with van der Waals surface area (Å²) in [4.78, 5) is 29.5. The average molecular weight is 454 g/mol.